The number of alkyl halides is 3. The summed E-state index contributed by atoms with van der Waals surface area (Å²) in [7, 11) is 0. The molecule has 2 N–H and O–H groups in total. The van der Waals surface area contributed by atoms with Crippen LogP contribution in [0.1, 0.15) is 46.8 Å². The maximum Gasteiger partial charge on any atom is 0.417 e. The van der Waals surface area contributed by atoms with E-state index in [1.807, 2.05) is 24.3 Å². The van der Waals surface area contributed by atoms with Crippen LogP contribution in [0.2, 0.25) is 0 Å². The molecule has 0 atom stereocenters. The van der Waals surface area contributed by atoms with Crippen molar-refractivity contribution < 1.29 is 27.1 Å². The van der Waals surface area contributed by atoms with Gasteiger partial charge in [-0.15, -0.1) is 12.4 Å². The van der Waals surface area contributed by atoms with E-state index >= 15 is 0 Å². The highest BCUT2D eigenvalue weighted by molar-refractivity contribution is 6.07. The van der Waals surface area contributed by atoms with E-state index in [9.17, 15) is 22.4 Å². The minimum atomic E-state index is -4.88. The SMILES string of the molecule is CC(C)c1ccc(COc2ccc(N(CCN)C(=O)c3ccc(F)cc3C(F)(F)F)cc2)cc1.Cl. The normalized spacial score (nSPS) is 11.2. The average Bonchev–Trinajstić information content (AvgIpc) is 2.81. The summed E-state index contributed by atoms with van der Waals surface area (Å²) >= 11 is 0. The van der Waals surface area contributed by atoms with Gasteiger partial charge in [-0.1, -0.05) is 38.1 Å². The van der Waals surface area contributed by atoms with Crippen molar-refractivity contribution in [3.05, 3.63) is 94.8 Å². The molecule has 0 aliphatic heterocycles. The third-order valence-corrected chi connectivity index (χ3v) is 5.32. The Morgan fingerprint density at radius 1 is 1.00 bits per heavy atom. The van der Waals surface area contributed by atoms with Crippen molar-refractivity contribution in [3.8, 4) is 5.75 Å². The molecule has 0 spiro atoms. The zero-order valence-electron chi connectivity index (χ0n) is 19.3. The fourth-order valence-corrected chi connectivity index (χ4v) is 3.45. The van der Waals surface area contributed by atoms with E-state index in [4.69, 9.17) is 10.5 Å². The van der Waals surface area contributed by atoms with E-state index in [0.717, 1.165) is 22.6 Å². The smallest absolute Gasteiger partial charge is 0.417 e. The largest absolute Gasteiger partial charge is 0.489 e. The standard InChI is InChI=1S/C26H26F4N2O2.ClH/c1-17(2)19-5-3-18(4-6-19)16-34-22-10-8-21(9-11-22)32(14-13-31)25(33)23-12-7-20(27)15-24(23)26(28,29)30;/h3-12,15,17H,13-14,16,31H2,1-2H3;1H. The second-order valence-corrected chi connectivity index (χ2v) is 8.11. The lowest BCUT2D eigenvalue weighted by atomic mass is 10.0. The van der Waals surface area contributed by atoms with Crippen molar-refractivity contribution in [1.82, 2.24) is 0 Å². The fourth-order valence-electron chi connectivity index (χ4n) is 3.45. The second-order valence-electron chi connectivity index (χ2n) is 8.11. The summed E-state index contributed by atoms with van der Waals surface area (Å²) in [6.07, 6.45) is -4.88. The van der Waals surface area contributed by atoms with Crippen LogP contribution in [-0.4, -0.2) is 19.0 Å². The Balaban J connectivity index is 0.00000432. The van der Waals surface area contributed by atoms with E-state index < -0.39 is 29.0 Å². The highest BCUT2D eigenvalue weighted by Crippen LogP contribution is 2.34. The number of rotatable bonds is 8. The average molecular weight is 511 g/mol. The number of benzene rings is 3. The monoisotopic (exact) mass is 510 g/mol. The minimum Gasteiger partial charge on any atom is -0.489 e. The van der Waals surface area contributed by atoms with Gasteiger partial charge in [0.2, 0.25) is 0 Å². The Hall–Kier alpha value is -3.10. The molecule has 4 nitrogen and oxygen atoms in total. The van der Waals surface area contributed by atoms with Gasteiger partial charge in [0.05, 0.1) is 11.1 Å². The van der Waals surface area contributed by atoms with Crippen LogP contribution < -0.4 is 15.4 Å². The number of ether oxygens (including phenoxy) is 1. The molecule has 0 aliphatic rings. The topological polar surface area (TPSA) is 55.6 Å². The predicted molar refractivity (Wildman–Crippen MR) is 131 cm³/mol. The van der Waals surface area contributed by atoms with Crippen molar-refractivity contribution in [2.75, 3.05) is 18.0 Å². The summed E-state index contributed by atoms with van der Waals surface area (Å²) in [5, 5.41) is 0. The molecule has 3 rings (SSSR count). The van der Waals surface area contributed by atoms with Crippen molar-refractivity contribution in [2.45, 2.75) is 32.5 Å². The number of anilines is 1. The maximum absolute atomic E-state index is 13.4. The number of amides is 1. The van der Waals surface area contributed by atoms with Crippen LogP contribution in [0, 0.1) is 5.82 Å². The number of nitrogens with zero attached hydrogens (tertiary/aromatic N) is 1. The third kappa shape index (κ3) is 7.19. The molecule has 0 heterocycles. The Labute approximate surface area is 208 Å². The zero-order chi connectivity index (χ0) is 24.9. The summed E-state index contributed by atoms with van der Waals surface area (Å²) in [6, 6.07) is 16.5. The van der Waals surface area contributed by atoms with Gasteiger partial charge in [-0.3, -0.25) is 4.79 Å². The lowest BCUT2D eigenvalue weighted by Gasteiger charge is -2.24. The summed E-state index contributed by atoms with van der Waals surface area (Å²) in [5.74, 6) is -1.02. The molecule has 0 saturated carbocycles. The number of carbonyl (C=O) groups excluding carboxylic acids is 1. The maximum atomic E-state index is 13.4. The van der Waals surface area contributed by atoms with Gasteiger partial charge < -0.3 is 15.4 Å². The molecule has 1 amide bonds. The van der Waals surface area contributed by atoms with Gasteiger partial charge in [0.25, 0.3) is 5.91 Å². The third-order valence-electron chi connectivity index (χ3n) is 5.32. The first-order valence-corrected chi connectivity index (χ1v) is 10.8. The van der Waals surface area contributed by atoms with Crippen LogP contribution in [0.4, 0.5) is 23.2 Å². The van der Waals surface area contributed by atoms with Crippen molar-refractivity contribution in [3.63, 3.8) is 0 Å². The van der Waals surface area contributed by atoms with Crippen LogP contribution in [0.15, 0.2) is 66.7 Å². The van der Waals surface area contributed by atoms with Crippen LogP contribution >= 0.6 is 12.4 Å². The first kappa shape index (κ1) is 28.1. The van der Waals surface area contributed by atoms with E-state index in [-0.39, 0.29) is 25.5 Å². The number of carbonyl (C=O) groups is 1. The molecule has 0 radical (unpaired) electrons. The highest BCUT2D eigenvalue weighted by Gasteiger charge is 2.37. The van der Waals surface area contributed by atoms with Gasteiger partial charge in [0.15, 0.2) is 0 Å². The Morgan fingerprint density at radius 3 is 2.17 bits per heavy atom. The molecule has 3 aromatic carbocycles. The van der Waals surface area contributed by atoms with Gasteiger partial charge in [0.1, 0.15) is 18.2 Å². The predicted octanol–water partition coefficient (Wildman–Crippen LogP) is 6.57. The van der Waals surface area contributed by atoms with Crippen LogP contribution in [0.25, 0.3) is 0 Å². The molecular weight excluding hydrogens is 484 g/mol. The number of hydrogen-bond acceptors (Lipinski definition) is 3. The Bertz CT molecular complexity index is 1120. The lowest BCUT2D eigenvalue weighted by molar-refractivity contribution is -0.138. The lowest BCUT2D eigenvalue weighted by Crippen LogP contribution is -2.36. The number of nitrogens with two attached hydrogens (primary N) is 1. The van der Waals surface area contributed by atoms with Crippen molar-refractivity contribution in [1.29, 1.82) is 0 Å². The van der Waals surface area contributed by atoms with E-state index in [2.05, 4.69) is 13.8 Å². The quantitative estimate of drug-likeness (QED) is 0.348. The highest BCUT2D eigenvalue weighted by atomic mass is 35.5. The molecule has 9 heteroatoms. The molecule has 0 aliphatic carbocycles. The van der Waals surface area contributed by atoms with Gasteiger partial charge in [-0.25, -0.2) is 4.39 Å². The van der Waals surface area contributed by atoms with E-state index in [0.29, 0.717) is 30.0 Å². The molecule has 0 fully saturated rings. The molecule has 0 bridgehead atoms. The zero-order valence-corrected chi connectivity index (χ0v) is 20.1. The summed E-state index contributed by atoms with van der Waals surface area (Å²) in [6.45, 7) is 4.58. The Kier molecular flexibility index (Phi) is 9.68. The fraction of sp³-hybridized carbons (Fsp3) is 0.269. The molecule has 35 heavy (non-hydrogen) atoms. The van der Waals surface area contributed by atoms with Gasteiger partial charge in [-0.2, -0.15) is 13.2 Å². The number of hydrogen-bond donors (Lipinski definition) is 1. The summed E-state index contributed by atoms with van der Waals surface area (Å²) in [5.41, 5.74) is 6.19. The summed E-state index contributed by atoms with van der Waals surface area (Å²) in [4.78, 5) is 14.1. The molecule has 0 unspecified atom stereocenters. The van der Waals surface area contributed by atoms with Gasteiger partial charge in [-0.05, 0) is 59.5 Å². The number of halogens is 5. The van der Waals surface area contributed by atoms with Crippen LogP contribution in [0.3, 0.4) is 0 Å². The van der Waals surface area contributed by atoms with Crippen molar-refractivity contribution >= 4 is 24.0 Å². The minimum absolute atomic E-state index is 0. The van der Waals surface area contributed by atoms with Gasteiger partial charge >= 0.3 is 6.18 Å². The first-order valence-electron chi connectivity index (χ1n) is 10.8. The van der Waals surface area contributed by atoms with Crippen LogP contribution in [-0.2, 0) is 12.8 Å². The van der Waals surface area contributed by atoms with E-state index in [1.54, 1.807) is 24.3 Å². The second kappa shape index (κ2) is 12.0. The molecular formula is C26H27ClF4N2O2. The van der Waals surface area contributed by atoms with Crippen LogP contribution in [0.5, 0.6) is 5.75 Å². The molecule has 188 valence electrons. The first-order chi connectivity index (χ1) is 16.1. The van der Waals surface area contributed by atoms with Crippen molar-refractivity contribution in [2.24, 2.45) is 5.73 Å². The summed E-state index contributed by atoms with van der Waals surface area (Å²) < 4.78 is 59.4. The van der Waals surface area contributed by atoms with E-state index in [1.165, 1.54) is 5.56 Å². The molecule has 0 saturated heterocycles. The Morgan fingerprint density at radius 2 is 1.63 bits per heavy atom. The van der Waals surface area contributed by atoms with Gasteiger partial charge in [0, 0.05) is 18.8 Å². The molecule has 0 aromatic heterocycles. The molecule has 3 aromatic rings.